The number of hydrogen-bond acceptors (Lipinski definition) is 6. The molecule has 0 aromatic heterocycles. The molecule has 0 heterocycles. The zero-order valence-corrected chi connectivity index (χ0v) is 19.3. The molecule has 0 bridgehead atoms. The van der Waals surface area contributed by atoms with Gasteiger partial charge in [0.05, 0.1) is 0 Å². The molecule has 0 fully saturated rings. The lowest BCUT2D eigenvalue weighted by Gasteiger charge is -2.16. The van der Waals surface area contributed by atoms with Crippen molar-refractivity contribution in [1.29, 1.82) is 0 Å². The first kappa shape index (κ1) is 33.3. The zero-order valence-electron chi connectivity index (χ0n) is 19.3. The van der Waals surface area contributed by atoms with Crippen LogP contribution in [0.1, 0.15) is 0 Å². The minimum atomic E-state index is -2.17. The summed E-state index contributed by atoms with van der Waals surface area (Å²) in [5.41, 5.74) is 0. The predicted molar refractivity (Wildman–Crippen MR) is 111 cm³/mol. The van der Waals surface area contributed by atoms with E-state index in [-0.39, 0.29) is 18.1 Å². The van der Waals surface area contributed by atoms with Crippen molar-refractivity contribution in [2.24, 2.45) is 0 Å². The second kappa shape index (κ2) is 18.1. The van der Waals surface area contributed by atoms with E-state index in [1.54, 1.807) is 84.6 Å². The van der Waals surface area contributed by atoms with E-state index in [2.05, 4.69) is 0 Å². The fourth-order valence-electron chi connectivity index (χ4n) is 1.20. The highest BCUT2D eigenvalue weighted by Crippen LogP contribution is 1.84. The lowest BCUT2D eigenvalue weighted by atomic mass is 10.3. The van der Waals surface area contributed by atoms with Crippen LogP contribution in [0, 0.1) is 0 Å². The van der Waals surface area contributed by atoms with Crippen LogP contribution in [0.5, 0.6) is 0 Å². The molecule has 0 aliphatic carbocycles. The highest BCUT2D eigenvalue weighted by atomic mass is 16.5. The summed E-state index contributed by atoms with van der Waals surface area (Å²) >= 11 is 0. The van der Waals surface area contributed by atoms with Crippen molar-refractivity contribution < 1.29 is 29.5 Å². The Kier molecular flexibility index (Phi) is 21.6. The molecule has 0 aromatic rings. The normalized spacial score (nSPS) is 8.25. The van der Waals surface area contributed by atoms with E-state index in [9.17, 15) is 14.4 Å². The largest absolute Gasteiger partial charge is 0.631 e. The third-order valence-electron chi connectivity index (χ3n) is 2.30. The van der Waals surface area contributed by atoms with Gasteiger partial charge >= 0.3 is 25.4 Å². The first-order valence-corrected chi connectivity index (χ1v) is 8.10. The molecular weight excluding hydrogens is 371 g/mol. The molecule has 13 heteroatoms. The molecule has 0 saturated heterocycles. The number of hydrogen-bond donors (Lipinski definition) is 3. The van der Waals surface area contributed by atoms with Gasteiger partial charge in [0.2, 0.25) is 0 Å². The topological polar surface area (TPSA) is 131 Å². The Labute approximate surface area is 169 Å². The number of urea groups is 3. The smallest absolute Gasteiger partial charge is 0.402 e. The average molecular weight is 410 g/mol. The fourth-order valence-corrected chi connectivity index (χ4v) is 1.20. The summed E-state index contributed by atoms with van der Waals surface area (Å²) < 4.78 is 0. The average Bonchev–Trinajstić information content (AvgIpc) is 2.52. The van der Waals surface area contributed by atoms with Crippen molar-refractivity contribution in [3.05, 3.63) is 0 Å². The van der Waals surface area contributed by atoms with Crippen molar-refractivity contribution in [2.45, 2.75) is 0 Å². The molecule has 0 aromatic carbocycles. The SMILES string of the molecule is CN(C)C(=O)N(C)C.CN(C)C(=O)N(C)C.CN(C)C(=O)N(C)C.OB(O)O. The molecule has 0 saturated carbocycles. The van der Waals surface area contributed by atoms with Crippen LogP contribution >= 0.6 is 0 Å². The Hall–Kier alpha value is -2.25. The van der Waals surface area contributed by atoms with Gasteiger partial charge in [-0.2, -0.15) is 0 Å². The summed E-state index contributed by atoms with van der Waals surface area (Å²) in [5, 5.41) is 21.5. The van der Waals surface area contributed by atoms with E-state index in [4.69, 9.17) is 15.1 Å². The van der Waals surface area contributed by atoms with Crippen molar-refractivity contribution in [3.63, 3.8) is 0 Å². The van der Waals surface area contributed by atoms with Crippen LogP contribution in [-0.2, 0) is 0 Å². The first-order valence-electron chi connectivity index (χ1n) is 8.10. The van der Waals surface area contributed by atoms with Crippen LogP contribution in [0.2, 0.25) is 0 Å². The number of rotatable bonds is 0. The maximum atomic E-state index is 10.7. The molecule has 3 N–H and O–H groups in total. The molecule has 0 spiro atoms. The summed E-state index contributed by atoms with van der Waals surface area (Å²) in [6, 6.07) is 0.0556. The minimum absolute atomic E-state index is 0.0185. The summed E-state index contributed by atoms with van der Waals surface area (Å²) in [7, 11) is 18.5. The van der Waals surface area contributed by atoms with E-state index in [1.165, 1.54) is 29.4 Å². The Bertz CT molecular complexity index is 341. The molecule has 168 valence electrons. The quantitative estimate of drug-likeness (QED) is 0.423. The molecule has 28 heavy (non-hydrogen) atoms. The van der Waals surface area contributed by atoms with Gasteiger partial charge in [0.1, 0.15) is 0 Å². The van der Waals surface area contributed by atoms with Crippen LogP contribution in [0.15, 0.2) is 0 Å². The summed E-state index contributed by atoms with van der Waals surface area (Å²) in [5.74, 6) is 0. The fraction of sp³-hybridized carbons (Fsp3) is 0.800. The number of carbonyl (C=O) groups is 3. The maximum Gasteiger partial charge on any atom is 0.631 e. The predicted octanol–water partition coefficient (Wildman–Crippen LogP) is -1.36. The van der Waals surface area contributed by atoms with Gasteiger partial charge in [0, 0.05) is 84.6 Å². The van der Waals surface area contributed by atoms with Crippen LogP contribution < -0.4 is 0 Å². The van der Waals surface area contributed by atoms with Crippen molar-refractivity contribution >= 4 is 25.4 Å². The molecule has 0 unspecified atom stereocenters. The van der Waals surface area contributed by atoms with Gasteiger partial charge in [-0.05, 0) is 0 Å². The van der Waals surface area contributed by atoms with E-state index < -0.39 is 7.32 Å². The zero-order chi connectivity index (χ0) is 23.8. The second-order valence-electron chi connectivity index (χ2n) is 6.56. The van der Waals surface area contributed by atoms with Gasteiger partial charge in [-0.3, -0.25) is 0 Å². The molecule has 0 rings (SSSR count). The second-order valence-corrected chi connectivity index (χ2v) is 6.56. The third-order valence-corrected chi connectivity index (χ3v) is 2.30. The van der Waals surface area contributed by atoms with E-state index in [1.807, 2.05) is 0 Å². The highest BCUT2D eigenvalue weighted by molar-refractivity contribution is 6.30. The van der Waals surface area contributed by atoms with E-state index in [0.717, 1.165) is 0 Å². The molecule has 0 aliphatic heterocycles. The van der Waals surface area contributed by atoms with E-state index >= 15 is 0 Å². The summed E-state index contributed by atoms with van der Waals surface area (Å²) in [6.45, 7) is 0. The number of amides is 6. The molecule has 12 nitrogen and oxygen atoms in total. The van der Waals surface area contributed by atoms with E-state index in [0.29, 0.717) is 0 Å². The molecular formula is C15H39BN6O6. The van der Waals surface area contributed by atoms with Crippen LogP contribution in [0.4, 0.5) is 14.4 Å². The molecule has 0 aliphatic rings. The van der Waals surface area contributed by atoms with Crippen LogP contribution in [0.25, 0.3) is 0 Å². The Morgan fingerprint density at radius 3 is 0.500 bits per heavy atom. The van der Waals surface area contributed by atoms with Gasteiger partial charge in [0.15, 0.2) is 0 Å². The van der Waals surface area contributed by atoms with Gasteiger partial charge in [-0.25, -0.2) is 14.4 Å². The molecule has 0 atom stereocenters. The number of nitrogens with zero attached hydrogens (tertiary/aromatic N) is 6. The maximum absolute atomic E-state index is 10.7. The van der Waals surface area contributed by atoms with Gasteiger partial charge in [-0.15, -0.1) is 0 Å². The minimum Gasteiger partial charge on any atom is -0.402 e. The Balaban J connectivity index is -0.000000141. The third kappa shape index (κ3) is 26.0. The van der Waals surface area contributed by atoms with Crippen LogP contribution in [0.3, 0.4) is 0 Å². The lowest BCUT2D eigenvalue weighted by Crippen LogP contribution is -2.33. The van der Waals surface area contributed by atoms with Gasteiger partial charge in [-0.1, -0.05) is 0 Å². The van der Waals surface area contributed by atoms with Crippen LogP contribution in [-0.4, -0.2) is 154 Å². The lowest BCUT2D eigenvalue weighted by molar-refractivity contribution is 0.190. The highest BCUT2D eigenvalue weighted by Gasteiger charge is 2.04. The van der Waals surface area contributed by atoms with Crippen molar-refractivity contribution in [3.8, 4) is 0 Å². The monoisotopic (exact) mass is 410 g/mol. The van der Waals surface area contributed by atoms with Gasteiger partial charge in [0.25, 0.3) is 0 Å². The first-order chi connectivity index (χ1) is 12.4. The molecule has 0 radical (unpaired) electrons. The van der Waals surface area contributed by atoms with Crippen molar-refractivity contribution in [2.75, 3.05) is 84.6 Å². The molecule has 6 amide bonds. The summed E-state index contributed by atoms with van der Waals surface area (Å²) in [6.07, 6.45) is 0. The standard InChI is InChI=1S/3C5H12N2O.BH3O3/c3*1-6(2)5(8)7(3)4;2-1(3)4/h3*1-4H3;2-4H. The Morgan fingerprint density at radius 2 is 0.500 bits per heavy atom. The van der Waals surface area contributed by atoms with Gasteiger partial charge < -0.3 is 44.5 Å². The Morgan fingerprint density at radius 1 is 0.429 bits per heavy atom. The summed E-state index contributed by atoms with van der Waals surface area (Å²) in [4.78, 5) is 41.2. The number of carbonyl (C=O) groups excluding carboxylic acids is 3. The van der Waals surface area contributed by atoms with Crippen molar-refractivity contribution in [1.82, 2.24) is 29.4 Å².